The Hall–Kier alpha value is -1.24. The zero-order valence-corrected chi connectivity index (χ0v) is 23.1. The van der Waals surface area contributed by atoms with Gasteiger partial charge in [-0.2, -0.15) is 0 Å². The molecule has 0 spiro atoms. The van der Waals surface area contributed by atoms with Crippen molar-refractivity contribution in [3.8, 4) is 0 Å². The molecule has 1 aliphatic rings. The molecule has 0 amide bonds. The standard InChI is InChI=1S/C27H48O5Si/c1-8-9-12-15-21(28)18-19-23-22(16-13-10-11-14-17-26(30)31-5)24(29)20-25(23)32-33(6,7)27(2,3)4/h10,13,18-19,21-23,25,28H,8-9,11-12,14-17,20H2,1-7H3/t21-,22+,23+,25+/m0/s1. The van der Waals surface area contributed by atoms with Crippen molar-refractivity contribution in [1.29, 1.82) is 0 Å². The molecule has 0 aliphatic heterocycles. The highest BCUT2D eigenvalue weighted by atomic mass is 28.4. The van der Waals surface area contributed by atoms with E-state index in [9.17, 15) is 14.7 Å². The van der Waals surface area contributed by atoms with Gasteiger partial charge in [0.25, 0.3) is 0 Å². The predicted octanol–water partition coefficient (Wildman–Crippen LogP) is 6.37. The SMILES string of the molecule is CCCCC[C@H](O)C=C[C@H]1[C@H](O[Si](C)(C)C(C)(C)C)CC(=O)[C@@H]1CC=CCCCC(=O)OC. The first-order chi connectivity index (χ1) is 15.4. The molecule has 0 aromatic heterocycles. The topological polar surface area (TPSA) is 72.8 Å². The Labute approximate surface area is 203 Å². The van der Waals surface area contributed by atoms with Gasteiger partial charge in [-0.15, -0.1) is 0 Å². The highest BCUT2D eigenvalue weighted by Gasteiger charge is 2.46. The van der Waals surface area contributed by atoms with E-state index in [2.05, 4.69) is 63.8 Å². The zero-order chi connectivity index (χ0) is 25.1. The number of ketones is 1. The third kappa shape index (κ3) is 10.3. The lowest BCUT2D eigenvalue weighted by Gasteiger charge is -2.39. The summed E-state index contributed by atoms with van der Waals surface area (Å²) in [6, 6.07) is 0. The molecule has 0 unspecified atom stereocenters. The number of carbonyl (C=O) groups excluding carboxylic acids is 2. The van der Waals surface area contributed by atoms with Crippen LogP contribution in [0.15, 0.2) is 24.3 Å². The Morgan fingerprint density at radius 3 is 2.52 bits per heavy atom. The van der Waals surface area contributed by atoms with Crippen LogP contribution in [-0.4, -0.2) is 44.5 Å². The highest BCUT2D eigenvalue weighted by molar-refractivity contribution is 6.74. The fourth-order valence-corrected chi connectivity index (χ4v) is 5.32. The van der Waals surface area contributed by atoms with Gasteiger partial charge in [0.1, 0.15) is 5.78 Å². The number of ether oxygens (including phenoxy) is 1. The average Bonchev–Trinajstić information content (AvgIpc) is 3.01. The maximum Gasteiger partial charge on any atom is 0.305 e. The first-order valence-corrected chi connectivity index (χ1v) is 15.6. The van der Waals surface area contributed by atoms with E-state index in [4.69, 9.17) is 4.43 Å². The molecule has 6 heteroatoms. The lowest BCUT2D eigenvalue weighted by atomic mass is 9.90. The van der Waals surface area contributed by atoms with E-state index in [1.54, 1.807) is 0 Å². The van der Waals surface area contributed by atoms with Gasteiger partial charge in [0.2, 0.25) is 0 Å². The summed E-state index contributed by atoms with van der Waals surface area (Å²) in [5, 5.41) is 10.5. The van der Waals surface area contributed by atoms with Gasteiger partial charge in [-0.3, -0.25) is 9.59 Å². The summed E-state index contributed by atoms with van der Waals surface area (Å²) in [5.74, 6) is -0.0985. The summed E-state index contributed by atoms with van der Waals surface area (Å²) in [7, 11) is -0.623. The second-order valence-electron chi connectivity index (χ2n) is 10.9. The van der Waals surface area contributed by atoms with Crippen LogP contribution in [0.4, 0.5) is 0 Å². The number of aliphatic hydroxyl groups is 1. The molecule has 0 aromatic carbocycles. The van der Waals surface area contributed by atoms with Gasteiger partial charge in [0, 0.05) is 24.7 Å². The first-order valence-electron chi connectivity index (χ1n) is 12.7. The van der Waals surface area contributed by atoms with Crippen molar-refractivity contribution in [3.05, 3.63) is 24.3 Å². The summed E-state index contributed by atoms with van der Waals surface area (Å²) in [6.07, 6.45) is 14.5. The van der Waals surface area contributed by atoms with E-state index in [-0.39, 0.29) is 34.7 Å². The van der Waals surface area contributed by atoms with Gasteiger partial charge in [-0.05, 0) is 43.8 Å². The van der Waals surface area contributed by atoms with E-state index >= 15 is 0 Å². The summed E-state index contributed by atoms with van der Waals surface area (Å²) < 4.78 is 11.4. The number of aliphatic hydroxyl groups excluding tert-OH is 1. The predicted molar refractivity (Wildman–Crippen MR) is 138 cm³/mol. The average molecular weight is 481 g/mol. The number of hydrogen-bond donors (Lipinski definition) is 1. The zero-order valence-electron chi connectivity index (χ0n) is 22.1. The maximum absolute atomic E-state index is 13.0. The van der Waals surface area contributed by atoms with Crippen molar-refractivity contribution in [2.24, 2.45) is 11.8 Å². The van der Waals surface area contributed by atoms with Gasteiger partial charge in [-0.1, -0.05) is 71.3 Å². The minimum Gasteiger partial charge on any atom is -0.469 e. The minimum absolute atomic E-state index is 0.0211. The number of rotatable bonds is 14. The van der Waals surface area contributed by atoms with Crippen molar-refractivity contribution in [2.45, 2.75) is 116 Å². The third-order valence-corrected chi connectivity index (χ3v) is 11.7. The van der Waals surface area contributed by atoms with Crippen LogP contribution in [0.1, 0.15) is 85.5 Å². The molecule has 1 saturated carbocycles. The Morgan fingerprint density at radius 2 is 1.91 bits per heavy atom. The molecule has 1 fully saturated rings. The number of allylic oxidation sites excluding steroid dienone is 2. The number of esters is 1. The molecular formula is C27H48O5Si. The largest absolute Gasteiger partial charge is 0.469 e. The Balaban J connectivity index is 2.88. The number of unbranched alkanes of at least 4 members (excludes halogenated alkanes) is 3. The third-order valence-electron chi connectivity index (χ3n) is 7.16. The van der Waals surface area contributed by atoms with Crippen molar-refractivity contribution < 1.29 is 23.9 Å². The normalized spacial score (nSPS) is 23.0. The van der Waals surface area contributed by atoms with Gasteiger partial charge in [0.05, 0.1) is 19.3 Å². The van der Waals surface area contributed by atoms with E-state index in [0.717, 1.165) is 38.5 Å². The second kappa shape index (κ2) is 14.2. The number of hydrogen-bond acceptors (Lipinski definition) is 5. The minimum atomic E-state index is -2.03. The first kappa shape index (κ1) is 29.8. The van der Waals surface area contributed by atoms with Crippen molar-refractivity contribution in [1.82, 2.24) is 0 Å². The molecule has 5 nitrogen and oxygen atoms in total. The number of Topliss-reactive ketones (excluding diaryl/α,β-unsaturated/α-hetero) is 1. The van der Waals surface area contributed by atoms with Crippen molar-refractivity contribution in [3.63, 3.8) is 0 Å². The van der Waals surface area contributed by atoms with Gasteiger partial charge in [0.15, 0.2) is 8.32 Å². The molecule has 4 atom stereocenters. The summed E-state index contributed by atoms with van der Waals surface area (Å²) in [4.78, 5) is 24.2. The molecular weight excluding hydrogens is 432 g/mol. The van der Waals surface area contributed by atoms with Crippen molar-refractivity contribution in [2.75, 3.05) is 7.11 Å². The summed E-state index contributed by atoms with van der Waals surface area (Å²) in [5.41, 5.74) is 0. The van der Waals surface area contributed by atoms with E-state index < -0.39 is 14.4 Å². The van der Waals surface area contributed by atoms with Crippen LogP contribution in [-0.2, 0) is 18.8 Å². The molecule has 33 heavy (non-hydrogen) atoms. The van der Waals surface area contributed by atoms with Crippen LogP contribution in [0, 0.1) is 11.8 Å². The van der Waals surface area contributed by atoms with Crippen LogP contribution in [0.5, 0.6) is 0 Å². The molecule has 1 rings (SSSR count). The Bertz CT molecular complexity index is 662. The lowest BCUT2D eigenvalue weighted by molar-refractivity contribution is -0.140. The lowest BCUT2D eigenvalue weighted by Crippen LogP contribution is -2.45. The molecule has 0 aromatic rings. The Kier molecular flexibility index (Phi) is 12.8. The van der Waals surface area contributed by atoms with Gasteiger partial charge >= 0.3 is 5.97 Å². The fraction of sp³-hybridized carbons (Fsp3) is 0.778. The molecule has 0 heterocycles. The second-order valence-corrected chi connectivity index (χ2v) is 15.7. The monoisotopic (exact) mass is 480 g/mol. The van der Waals surface area contributed by atoms with E-state index in [1.807, 2.05) is 6.08 Å². The Morgan fingerprint density at radius 1 is 1.21 bits per heavy atom. The van der Waals surface area contributed by atoms with Gasteiger partial charge in [-0.25, -0.2) is 0 Å². The van der Waals surface area contributed by atoms with E-state index in [1.165, 1.54) is 7.11 Å². The molecule has 0 saturated heterocycles. The molecule has 0 bridgehead atoms. The van der Waals surface area contributed by atoms with Crippen molar-refractivity contribution >= 4 is 20.1 Å². The van der Waals surface area contributed by atoms with Crippen LogP contribution < -0.4 is 0 Å². The number of carbonyl (C=O) groups is 2. The van der Waals surface area contributed by atoms with Crippen LogP contribution in [0.2, 0.25) is 18.1 Å². The molecule has 1 aliphatic carbocycles. The smallest absolute Gasteiger partial charge is 0.305 e. The van der Waals surface area contributed by atoms with Crippen LogP contribution in [0.25, 0.3) is 0 Å². The summed E-state index contributed by atoms with van der Waals surface area (Å²) in [6.45, 7) is 13.3. The van der Waals surface area contributed by atoms with Gasteiger partial charge < -0.3 is 14.3 Å². The highest BCUT2D eigenvalue weighted by Crippen LogP contribution is 2.42. The van der Waals surface area contributed by atoms with Crippen LogP contribution >= 0.6 is 0 Å². The number of methoxy groups -OCH3 is 1. The van der Waals surface area contributed by atoms with Crippen LogP contribution in [0.3, 0.4) is 0 Å². The molecule has 190 valence electrons. The molecule has 0 radical (unpaired) electrons. The fourth-order valence-electron chi connectivity index (χ4n) is 3.96. The maximum atomic E-state index is 13.0. The van der Waals surface area contributed by atoms with E-state index in [0.29, 0.717) is 19.3 Å². The quantitative estimate of drug-likeness (QED) is 0.135. The molecule has 1 N–H and O–H groups in total. The summed E-state index contributed by atoms with van der Waals surface area (Å²) >= 11 is 0.